The van der Waals surface area contributed by atoms with Crippen molar-refractivity contribution in [2.45, 2.75) is 32.8 Å². The molecule has 0 heterocycles. The van der Waals surface area contributed by atoms with Crippen LogP contribution in [-0.2, 0) is 9.47 Å². The van der Waals surface area contributed by atoms with Gasteiger partial charge in [-0.15, -0.1) is 0 Å². The van der Waals surface area contributed by atoms with Gasteiger partial charge >= 0.3 is 0 Å². The van der Waals surface area contributed by atoms with Crippen LogP contribution in [-0.4, -0.2) is 26.4 Å². The summed E-state index contributed by atoms with van der Waals surface area (Å²) >= 11 is 0. The molecule has 0 aromatic heterocycles. The average molecular weight is 146 g/mol. The van der Waals surface area contributed by atoms with Gasteiger partial charge in [0.15, 0.2) is 0 Å². The van der Waals surface area contributed by atoms with Crippen molar-refractivity contribution in [1.82, 2.24) is 0 Å². The zero-order valence-electron chi connectivity index (χ0n) is 7.22. The molecule has 0 N–H and O–H groups in total. The van der Waals surface area contributed by atoms with Crippen molar-refractivity contribution in [3.63, 3.8) is 0 Å². The largest absolute Gasteiger partial charge is 0.382 e. The highest BCUT2D eigenvalue weighted by Gasteiger charge is 1.97. The normalized spacial score (nSPS) is 13.5. The molecule has 0 bridgehead atoms. The van der Waals surface area contributed by atoms with Crippen LogP contribution in [0.25, 0.3) is 0 Å². The molecule has 0 aliphatic heterocycles. The number of hydrogen-bond donors (Lipinski definition) is 0. The quantitative estimate of drug-likeness (QED) is 0.532. The number of rotatable bonds is 6. The molecule has 0 aliphatic rings. The van der Waals surface area contributed by atoms with Gasteiger partial charge in [-0.1, -0.05) is 0 Å². The SMILES string of the molecule is CCOCCC[C@@H](C)OC. The summed E-state index contributed by atoms with van der Waals surface area (Å²) in [6.45, 7) is 5.78. The first kappa shape index (κ1) is 9.92. The number of hydrogen-bond acceptors (Lipinski definition) is 2. The van der Waals surface area contributed by atoms with E-state index in [4.69, 9.17) is 9.47 Å². The lowest BCUT2D eigenvalue weighted by atomic mass is 10.2. The molecule has 2 nitrogen and oxygen atoms in total. The topological polar surface area (TPSA) is 18.5 Å². The van der Waals surface area contributed by atoms with E-state index >= 15 is 0 Å². The van der Waals surface area contributed by atoms with E-state index < -0.39 is 0 Å². The zero-order chi connectivity index (χ0) is 7.82. The van der Waals surface area contributed by atoms with Crippen molar-refractivity contribution < 1.29 is 9.47 Å². The molecule has 0 unspecified atom stereocenters. The fourth-order valence-electron chi connectivity index (χ4n) is 0.735. The van der Waals surface area contributed by atoms with E-state index in [1.54, 1.807) is 7.11 Å². The van der Waals surface area contributed by atoms with Crippen LogP contribution in [0.5, 0.6) is 0 Å². The van der Waals surface area contributed by atoms with E-state index in [0.717, 1.165) is 26.1 Å². The maximum absolute atomic E-state index is 5.17. The molecular weight excluding hydrogens is 128 g/mol. The summed E-state index contributed by atoms with van der Waals surface area (Å²) in [4.78, 5) is 0. The Morgan fingerprint density at radius 3 is 2.60 bits per heavy atom. The van der Waals surface area contributed by atoms with E-state index in [-0.39, 0.29) is 0 Å². The fourth-order valence-corrected chi connectivity index (χ4v) is 0.735. The van der Waals surface area contributed by atoms with Crippen molar-refractivity contribution in [3.8, 4) is 0 Å². The number of ether oxygens (including phenoxy) is 2. The highest BCUT2D eigenvalue weighted by atomic mass is 16.5. The Bertz CT molecular complexity index is 64.3. The van der Waals surface area contributed by atoms with Gasteiger partial charge in [0.25, 0.3) is 0 Å². The van der Waals surface area contributed by atoms with Crippen molar-refractivity contribution in [3.05, 3.63) is 0 Å². The second kappa shape index (κ2) is 7.03. The Kier molecular flexibility index (Phi) is 6.98. The average Bonchev–Trinajstić information content (AvgIpc) is 1.98. The zero-order valence-corrected chi connectivity index (χ0v) is 7.22. The molecule has 0 saturated heterocycles. The molecule has 0 aromatic rings. The second-order valence-electron chi connectivity index (χ2n) is 2.39. The monoisotopic (exact) mass is 146 g/mol. The van der Waals surface area contributed by atoms with Gasteiger partial charge in [0.2, 0.25) is 0 Å². The number of methoxy groups -OCH3 is 1. The minimum absolute atomic E-state index is 0.375. The maximum atomic E-state index is 5.17. The minimum atomic E-state index is 0.375. The van der Waals surface area contributed by atoms with Crippen molar-refractivity contribution in [2.24, 2.45) is 0 Å². The summed E-state index contributed by atoms with van der Waals surface area (Å²) in [5.74, 6) is 0. The molecule has 0 fully saturated rings. The molecule has 10 heavy (non-hydrogen) atoms. The lowest BCUT2D eigenvalue weighted by Crippen LogP contribution is -2.06. The van der Waals surface area contributed by atoms with Crippen LogP contribution in [0.3, 0.4) is 0 Å². The van der Waals surface area contributed by atoms with E-state index in [9.17, 15) is 0 Å². The van der Waals surface area contributed by atoms with Gasteiger partial charge in [-0.2, -0.15) is 0 Å². The lowest BCUT2D eigenvalue weighted by Gasteiger charge is -2.07. The Balaban J connectivity index is 2.89. The van der Waals surface area contributed by atoms with Crippen LogP contribution >= 0.6 is 0 Å². The molecule has 0 amide bonds. The molecule has 0 rings (SSSR count). The van der Waals surface area contributed by atoms with Gasteiger partial charge in [-0.3, -0.25) is 0 Å². The predicted molar refractivity (Wildman–Crippen MR) is 42.2 cm³/mol. The van der Waals surface area contributed by atoms with Crippen LogP contribution in [0, 0.1) is 0 Å². The smallest absolute Gasteiger partial charge is 0.0544 e. The molecular formula is C8H18O2. The summed E-state index contributed by atoms with van der Waals surface area (Å²) < 4.78 is 10.2. The first-order valence-corrected chi connectivity index (χ1v) is 3.91. The van der Waals surface area contributed by atoms with E-state index in [1.165, 1.54) is 0 Å². The third kappa shape index (κ3) is 6.05. The third-order valence-corrected chi connectivity index (χ3v) is 1.51. The Labute approximate surface area is 63.5 Å². The summed E-state index contributed by atoms with van der Waals surface area (Å²) in [5, 5.41) is 0. The lowest BCUT2D eigenvalue weighted by molar-refractivity contribution is 0.0888. The molecule has 0 spiro atoms. The van der Waals surface area contributed by atoms with Gasteiger partial charge in [0.1, 0.15) is 0 Å². The van der Waals surface area contributed by atoms with Crippen LogP contribution in [0.2, 0.25) is 0 Å². The minimum Gasteiger partial charge on any atom is -0.382 e. The second-order valence-corrected chi connectivity index (χ2v) is 2.39. The van der Waals surface area contributed by atoms with Gasteiger partial charge in [-0.25, -0.2) is 0 Å². The molecule has 0 radical (unpaired) electrons. The molecule has 0 aliphatic carbocycles. The van der Waals surface area contributed by atoms with E-state index in [2.05, 4.69) is 6.92 Å². The van der Waals surface area contributed by atoms with Crippen molar-refractivity contribution >= 4 is 0 Å². The van der Waals surface area contributed by atoms with Crippen molar-refractivity contribution in [2.75, 3.05) is 20.3 Å². The summed E-state index contributed by atoms with van der Waals surface area (Å²) in [5.41, 5.74) is 0. The predicted octanol–water partition coefficient (Wildman–Crippen LogP) is 1.84. The highest BCUT2D eigenvalue weighted by molar-refractivity contribution is 4.47. The van der Waals surface area contributed by atoms with Gasteiger partial charge < -0.3 is 9.47 Å². The summed E-state index contributed by atoms with van der Waals surface area (Å²) in [6.07, 6.45) is 2.57. The van der Waals surface area contributed by atoms with E-state index in [1.807, 2.05) is 6.92 Å². The molecule has 0 saturated carbocycles. The fraction of sp³-hybridized carbons (Fsp3) is 1.00. The van der Waals surface area contributed by atoms with E-state index in [0.29, 0.717) is 6.10 Å². The molecule has 62 valence electrons. The molecule has 1 atom stereocenters. The first-order chi connectivity index (χ1) is 4.81. The molecule has 0 aromatic carbocycles. The van der Waals surface area contributed by atoms with Gasteiger partial charge in [0.05, 0.1) is 6.10 Å². The standard InChI is InChI=1S/C8H18O2/c1-4-10-7-5-6-8(2)9-3/h8H,4-7H2,1-3H3/t8-/m1/s1. The Morgan fingerprint density at radius 1 is 1.40 bits per heavy atom. The highest BCUT2D eigenvalue weighted by Crippen LogP contribution is 1.99. The molecule has 2 heteroatoms. The Hall–Kier alpha value is -0.0800. The third-order valence-electron chi connectivity index (χ3n) is 1.51. The van der Waals surface area contributed by atoms with Crippen LogP contribution in [0.15, 0.2) is 0 Å². The maximum Gasteiger partial charge on any atom is 0.0544 e. The summed E-state index contributed by atoms with van der Waals surface area (Å²) in [6, 6.07) is 0. The Morgan fingerprint density at radius 2 is 2.10 bits per heavy atom. The van der Waals surface area contributed by atoms with Crippen LogP contribution in [0.1, 0.15) is 26.7 Å². The van der Waals surface area contributed by atoms with Gasteiger partial charge in [0, 0.05) is 20.3 Å². The first-order valence-electron chi connectivity index (χ1n) is 3.91. The van der Waals surface area contributed by atoms with Gasteiger partial charge in [-0.05, 0) is 26.7 Å². The summed E-state index contributed by atoms with van der Waals surface area (Å²) in [7, 11) is 1.74. The van der Waals surface area contributed by atoms with Crippen molar-refractivity contribution in [1.29, 1.82) is 0 Å². The van der Waals surface area contributed by atoms with Crippen LogP contribution < -0.4 is 0 Å². The van der Waals surface area contributed by atoms with Crippen LogP contribution in [0.4, 0.5) is 0 Å².